The number of hydrogen-bond acceptors (Lipinski definition) is 2. The van der Waals surface area contributed by atoms with Gasteiger partial charge in [-0.1, -0.05) is 12.8 Å². The quantitative estimate of drug-likeness (QED) is 0.791. The predicted octanol–water partition coefficient (Wildman–Crippen LogP) is 3.86. The zero-order valence-corrected chi connectivity index (χ0v) is 15.9. The summed E-state index contributed by atoms with van der Waals surface area (Å²) in [5, 5.41) is 0. The van der Waals surface area contributed by atoms with Crippen molar-refractivity contribution in [1.82, 2.24) is 9.80 Å². The molecule has 1 aliphatic carbocycles. The first-order valence-electron chi connectivity index (χ1n) is 10.5. The number of nitrogens with zero attached hydrogens (tertiary/aromatic N) is 2. The van der Waals surface area contributed by atoms with E-state index in [1.54, 1.807) is 4.90 Å². The van der Waals surface area contributed by atoms with Crippen molar-refractivity contribution in [3.05, 3.63) is 35.6 Å². The first-order chi connectivity index (χ1) is 13.1. The molecule has 3 fully saturated rings. The standard InChI is InChI=1S/C22H29FN2O2/c23-19-9-7-17(8-10-19)21(26)24-14-11-18(12-15-24)22(27)25-13-3-5-16-4-1-2-6-20(16)25/h7-10,16,18,20H,1-6,11-15H2. The summed E-state index contributed by atoms with van der Waals surface area (Å²) >= 11 is 0. The van der Waals surface area contributed by atoms with E-state index in [2.05, 4.69) is 4.90 Å². The lowest BCUT2D eigenvalue weighted by Gasteiger charge is -2.46. The van der Waals surface area contributed by atoms with Crippen LogP contribution in [0.1, 0.15) is 61.7 Å². The summed E-state index contributed by atoms with van der Waals surface area (Å²) in [5.74, 6) is 0.671. The molecule has 3 aliphatic rings. The molecule has 0 spiro atoms. The molecule has 146 valence electrons. The molecule has 1 aromatic rings. The van der Waals surface area contributed by atoms with E-state index < -0.39 is 0 Å². The highest BCUT2D eigenvalue weighted by atomic mass is 19.1. The summed E-state index contributed by atoms with van der Waals surface area (Å²) < 4.78 is 13.1. The Labute approximate surface area is 160 Å². The van der Waals surface area contributed by atoms with Crippen molar-refractivity contribution in [2.75, 3.05) is 19.6 Å². The Hall–Kier alpha value is -1.91. The molecule has 2 amide bonds. The molecule has 0 aromatic heterocycles. The second-order valence-corrected chi connectivity index (χ2v) is 8.36. The van der Waals surface area contributed by atoms with Crippen LogP contribution in [0.25, 0.3) is 0 Å². The first kappa shape index (κ1) is 18.5. The Morgan fingerprint density at radius 2 is 1.52 bits per heavy atom. The highest BCUT2D eigenvalue weighted by Crippen LogP contribution is 2.36. The largest absolute Gasteiger partial charge is 0.339 e. The van der Waals surface area contributed by atoms with Crippen LogP contribution < -0.4 is 0 Å². The third kappa shape index (κ3) is 3.87. The number of hydrogen-bond donors (Lipinski definition) is 0. The fraction of sp³-hybridized carbons (Fsp3) is 0.636. The molecule has 1 aromatic carbocycles. The second kappa shape index (κ2) is 7.99. The van der Waals surface area contributed by atoms with Crippen molar-refractivity contribution >= 4 is 11.8 Å². The SMILES string of the molecule is O=C(c1ccc(F)cc1)N1CCC(C(=O)N2CCCC3CCCCC32)CC1. The van der Waals surface area contributed by atoms with Gasteiger partial charge >= 0.3 is 0 Å². The van der Waals surface area contributed by atoms with Gasteiger partial charge in [-0.05, 0) is 68.7 Å². The zero-order chi connectivity index (χ0) is 18.8. The Balaban J connectivity index is 1.35. The minimum absolute atomic E-state index is 0.0444. The molecule has 27 heavy (non-hydrogen) atoms. The minimum atomic E-state index is -0.335. The normalized spacial score (nSPS) is 26.6. The molecule has 2 aliphatic heterocycles. The van der Waals surface area contributed by atoms with Gasteiger partial charge in [0.1, 0.15) is 5.82 Å². The maximum atomic E-state index is 13.2. The van der Waals surface area contributed by atoms with Crippen molar-refractivity contribution < 1.29 is 14.0 Å². The number of halogens is 1. The average molecular weight is 372 g/mol. The molecule has 4 rings (SSSR count). The van der Waals surface area contributed by atoms with Crippen LogP contribution in [0.15, 0.2) is 24.3 Å². The van der Waals surface area contributed by atoms with Gasteiger partial charge in [-0.15, -0.1) is 0 Å². The van der Waals surface area contributed by atoms with Gasteiger partial charge < -0.3 is 9.80 Å². The highest BCUT2D eigenvalue weighted by Gasteiger charge is 2.39. The van der Waals surface area contributed by atoms with Crippen LogP contribution in [-0.4, -0.2) is 47.3 Å². The van der Waals surface area contributed by atoms with Crippen LogP contribution >= 0.6 is 0 Å². The molecule has 4 nitrogen and oxygen atoms in total. The molecule has 5 heteroatoms. The lowest BCUT2D eigenvalue weighted by molar-refractivity contribution is -0.143. The van der Waals surface area contributed by atoms with Crippen LogP contribution in [-0.2, 0) is 4.79 Å². The molecule has 1 saturated carbocycles. The summed E-state index contributed by atoms with van der Waals surface area (Å²) in [6.45, 7) is 2.12. The summed E-state index contributed by atoms with van der Waals surface area (Å²) in [5.41, 5.74) is 0.516. The van der Waals surface area contributed by atoms with E-state index in [1.165, 1.54) is 49.9 Å². The van der Waals surface area contributed by atoms with Crippen molar-refractivity contribution in [2.45, 2.75) is 57.4 Å². The van der Waals surface area contributed by atoms with Crippen molar-refractivity contribution in [2.24, 2.45) is 11.8 Å². The monoisotopic (exact) mass is 372 g/mol. The Morgan fingerprint density at radius 3 is 2.26 bits per heavy atom. The number of amides is 2. The molecule has 0 radical (unpaired) electrons. The Bertz CT molecular complexity index is 680. The molecule has 2 heterocycles. The van der Waals surface area contributed by atoms with E-state index in [0.29, 0.717) is 36.5 Å². The third-order valence-corrected chi connectivity index (χ3v) is 6.75. The maximum absolute atomic E-state index is 13.2. The Morgan fingerprint density at radius 1 is 0.852 bits per heavy atom. The van der Waals surface area contributed by atoms with E-state index in [4.69, 9.17) is 0 Å². The van der Waals surface area contributed by atoms with Gasteiger partial charge in [0.25, 0.3) is 5.91 Å². The molecule has 2 atom stereocenters. The first-order valence-corrected chi connectivity index (χ1v) is 10.5. The van der Waals surface area contributed by atoms with E-state index in [0.717, 1.165) is 32.2 Å². The van der Waals surface area contributed by atoms with E-state index >= 15 is 0 Å². The highest BCUT2D eigenvalue weighted by molar-refractivity contribution is 5.94. The fourth-order valence-corrected chi connectivity index (χ4v) is 5.24. The lowest BCUT2D eigenvalue weighted by Crippen LogP contribution is -2.53. The summed E-state index contributed by atoms with van der Waals surface area (Å²) in [6.07, 6.45) is 8.88. The van der Waals surface area contributed by atoms with Crippen molar-refractivity contribution in [3.8, 4) is 0 Å². The number of carbonyl (C=O) groups is 2. The van der Waals surface area contributed by atoms with Crippen LogP contribution in [0.5, 0.6) is 0 Å². The van der Waals surface area contributed by atoms with E-state index in [9.17, 15) is 14.0 Å². The van der Waals surface area contributed by atoms with Gasteiger partial charge in [-0.3, -0.25) is 9.59 Å². The van der Waals surface area contributed by atoms with E-state index in [-0.39, 0.29) is 17.6 Å². The minimum Gasteiger partial charge on any atom is -0.339 e. The molecular weight excluding hydrogens is 343 g/mol. The zero-order valence-electron chi connectivity index (χ0n) is 15.9. The number of benzene rings is 1. The van der Waals surface area contributed by atoms with Crippen LogP contribution in [0.2, 0.25) is 0 Å². The number of fused-ring (bicyclic) bond motifs is 1. The average Bonchev–Trinajstić information content (AvgIpc) is 2.73. The summed E-state index contributed by atoms with van der Waals surface area (Å²) in [7, 11) is 0. The number of piperidine rings is 2. The summed E-state index contributed by atoms with van der Waals surface area (Å²) in [6, 6.07) is 6.16. The van der Waals surface area contributed by atoms with Crippen LogP contribution in [0, 0.1) is 17.7 Å². The van der Waals surface area contributed by atoms with Crippen molar-refractivity contribution in [3.63, 3.8) is 0 Å². The van der Waals surface area contributed by atoms with E-state index in [1.807, 2.05) is 0 Å². The van der Waals surface area contributed by atoms with Gasteiger partial charge in [-0.2, -0.15) is 0 Å². The number of rotatable bonds is 2. The topological polar surface area (TPSA) is 40.6 Å². The third-order valence-electron chi connectivity index (χ3n) is 6.75. The molecule has 2 saturated heterocycles. The van der Waals surface area contributed by atoms with Gasteiger partial charge in [0.15, 0.2) is 0 Å². The maximum Gasteiger partial charge on any atom is 0.253 e. The number of likely N-dealkylation sites (tertiary alicyclic amines) is 2. The smallest absolute Gasteiger partial charge is 0.253 e. The predicted molar refractivity (Wildman–Crippen MR) is 102 cm³/mol. The molecule has 0 bridgehead atoms. The lowest BCUT2D eigenvalue weighted by atomic mass is 9.77. The van der Waals surface area contributed by atoms with Gasteiger partial charge in [0, 0.05) is 37.2 Å². The number of carbonyl (C=O) groups excluding carboxylic acids is 2. The van der Waals surface area contributed by atoms with Gasteiger partial charge in [-0.25, -0.2) is 4.39 Å². The van der Waals surface area contributed by atoms with Crippen LogP contribution in [0.3, 0.4) is 0 Å². The summed E-state index contributed by atoms with van der Waals surface area (Å²) in [4.78, 5) is 29.8. The van der Waals surface area contributed by atoms with Gasteiger partial charge in [0.2, 0.25) is 5.91 Å². The Kier molecular flexibility index (Phi) is 5.46. The van der Waals surface area contributed by atoms with Gasteiger partial charge in [0.05, 0.1) is 0 Å². The second-order valence-electron chi connectivity index (χ2n) is 8.36. The molecule has 2 unspecified atom stereocenters. The molecular formula is C22H29FN2O2. The van der Waals surface area contributed by atoms with Crippen LogP contribution in [0.4, 0.5) is 4.39 Å². The fourth-order valence-electron chi connectivity index (χ4n) is 5.24. The van der Waals surface area contributed by atoms with Crippen molar-refractivity contribution in [1.29, 1.82) is 0 Å². The molecule has 0 N–H and O–H groups in total.